The molecule has 0 aliphatic carbocycles. The quantitative estimate of drug-likeness (QED) is 0.358. The van der Waals surface area contributed by atoms with Crippen molar-refractivity contribution in [2.24, 2.45) is 11.8 Å². The topological polar surface area (TPSA) is 54.0 Å². The molecule has 1 atom stereocenters. The molecule has 5 nitrogen and oxygen atoms in total. The smallest absolute Gasteiger partial charge is 0.465 e. The standard InChI is InChI=1S/C18H38O5Si/c1-9-18(13-15(5)6,17(19)20-14-16(7)8)24(21-10-2,22-11-3)23-12-4/h15-16H,9-14H2,1-8H3. The Kier molecular flexibility index (Phi) is 11.0. The molecule has 0 amide bonds. The highest BCUT2D eigenvalue weighted by Gasteiger charge is 2.65. The zero-order valence-corrected chi connectivity index (χ0v) is 17.9. The minimum Gasteiger partial charge on any atom is -0.465 e. The molecular formula is C18H38O5Si. The van der Waals surface area contributed by atoms with E-state index in [2.05, 4.69) is 13.8 Å². The van der Waals surface area contributed by atoms with E-state index in [-0.39, 0.29) is 11.9 Å². The van der Waals surface area contributed by atoms with Gasteiger partial charge in [-0.3, -0.25) is 4.79 Å². The molecule has 0 rings (SSSR count). The van der Waals surface area contributed by atoms with Gasteiger partial charge in [-0.1, -0.05) is 34.6 Å². The zero-order valence-electron chi connectivity index (χ0n) is 16.9. The van der Waals surface area contributed by atoms with E-state index in [1.807, 2.05) is 41.5 Å². The molecule has 1 unspecified atom stereocenters. The highest BCUT2D eigenvalue weighted by atomic mass is 28.4. The summed E-state index contributed by atoms with van der Waals surface area (Å²) < 4.78 is 23.9. The lowest BCUT2D eigenvalue weighted by molar-refractivity contribution is -0.152. The Morgan fingerprint density at radius 1 is 0.875 bits per heavy atom. The number of hydrogen-bond donors (Lipinski definition) is 0. The van der Waals surface area contributed by atoms with Crippen molar-refractivity contribution in [1.29, 1.82) is 0 Å². The van der Waals surface area contributed by atoms with Crippen LogP contribution < -0.4 is 0 Å². The predicted molar refractivity (Wildman–Crippen MR) is 98.9 cm³/mol. The van der Waals surface area contributed by atoms with Gasteiger partial charge < -0.3 is 18.0 Å². The van der Waals surface area contributed by atoms with Gasteiger partial charge in [0, 0.05) is 19.8 Å². The average molecular weight is 363 g/mol. The molecule has 0 aromatic heterocycles. The van der Waals surface area contributed by atoms with Crippen LogP contribution in [0.3, 0.4) is 0 Å². The number of carbonyl (C=O) groups is 1. The maximum absolute atomic E-state index is 13.2. The summed E-state index contributed by atoms with van der Waals surface area (Å²) in [6.45, 7) is 17.7. The van der Waals surface area contributed by atoms with Gasteiger partial charge in [-0.25, -0.2) is 0 Å². The first kappa shape index (κ1) is 23.6. The fourth-order valence-corrected chi connectivity index (χ4v) is 6.66. The minimum atomic E-state index is -3.25. The van der Waals surface area contributed by atoms with Crippen molar-refractivity contribution >= 4 is 14.8 Å². The van der Waals surface area contributed by atoms with Gasteiger partial charge >= 0.3 is 14.8 Å². The van der Waals surface area contributed by atoms with Crippen LogP contribution in [0.2, 0.25) is 5.04 Å². The van der Waals surface area contributed by atoms with Crippen LogP contribution in [-0.4, -0.2) is 41.2 Å². The Morgan fingerprint density at radius 2 is 1.33 bits per heavy atom. The zero-order chi connectivity index (χ0) is 18.8. The van der Waals surface area contributed by atoms with Crippen LogP contribution in [0.1, 0.15) is 68.2 Å². The molecule has 0 N–H and O–H groups in total. The third-order valence-corrected chi connectivity index (χ3v) is 7.83. The Labute approximate surface area is 149 Å². The molecule has 144 valence electrons. The van der Waals surface area contributed by atoms with E-state index < -0.39 is 13.8 Å². The Bertz CT molecular complexity index is 342. The van der Waals surface area contributed by atoms with E-state index in [4.69, 9.17) is 18.0 Å². The summed E-state index contributed by atoms with van der Waals surface area (Å²) in [6, 6.07) is 0. The average Bonchev–Trinajstić information content (AvgIpc) is 2.50. The van der Waals surface area contributed by atoms with E-state index in [1.165, 1.54) is 0 Å². The Balaban J connectivity index is 6.00. The highest BCUT2D eigenvalue weighted by Crippen LogP contribution is 2.50. The Morgan fingerprint density at radius 3 is 1.62 bits per heavy atom. The van der Waals surface area contributed by atoms with E-state index in [0.29, 0.717) is 45.2 Å². The molecule has 0 aliphatic heterocycles. The van der Waals surface area contributed by atoms with Gasteiger partial charge in [0.2, 0.25) is 0 Å². The van der Waals surface area contributed by atoms with E-state index in [1.54, 1.807) is 0 Å². The second-order valence-electron chi connectivity index (χ2n) is 6.88. The molecule has 24 heavy (non-hydrogen) atoms. The molecule has 0 aromatic carbocycles. The summed E-state index contributed by atoms with van der Waals surface area (Å²) in [7, 11) is -3.25. The molecule has 0 aromatic rings. The molecule has 6 heteroatoms. The molecule has 0 radical (unpaired) electrons. The highest BCUT2D eigenvalue weighted by molar-refractivity contribution is 6.68. The fraction of sp³-hybridized carbons (Fsp3) is 0.944. The number of hydrogen-bond acceptors (Lipinski definition) is 5. The van der Waals surface area contributed by atoms with Gasteiger partial charge in [-0.2, -0.15) is 0 Å². The molecule has 0 fully saturated rings. The van der Waals surface area contributed by atoms with Gasteiger partial charge in [0.25, 0.3) is 0 Å². The van der Waals surface area contributed by atoms with Crippen LogP contribution in [0.25, 0.3) is 0 Å². The Hall–Kier alpha value is -0.433. The SMILES string of the molecule is CCO[Si](OCC)(OCC)C(CC)(CC(C)C)C(=O)OCC(C)C. The summed E-state index contributed by atoms with van der Waals surface area (Å²) in [6.07, 6.45) is 1.21. The normalized spacial score (nSPS) is 14.9. The van der Waals surface area contributed by atoms with Crippen molar-refractivity contribution in [2.45, 2.75) is 73.3 Å². The summed E-state index contributed by atoms with van der Waals surface area (Å²) in [4.78, 5) is 13.2. The maximum Gasteiger partial charge on any atom is 0.519 e. The van der Waals surface area contributed by atoms with Crippen LogP contribution in [0, 0.1) is 11.8 Å². The molecule has 0 saturated heterocycles. The molecule has 0 spiro atoms. The van der Waals surface area contributed by atoms with Gasteiger partial charge in [-0.05, 0) is 45.4 Å². The van der Waals surface area contributed by atoms with E-state index in [9.17, 15) is 4.79 Å². The van der Waals surface area contributed by atoms with Crippen LogP contribution in [0.5, 0.6) is 0 Å². The van der Waals surface area contributed by atoms with Gasteiger partial charge in [0.05, 0.1) is 6.61 Å². The first-order chi connectivity index (χ1) is 11.2. The van der Waals surface area contributed by atoms with Crippen LogP contribution in [-0.2, 0) is 22.8 Å². The largest absolute Gasteiger partial charge is 0.519 e. The molecule has 0 saturated carbocycles. The van der Waals surface area contributed by atoms with Crippen LogP contribution >= 0.6 is 0 Å². The van der Waals surface area contributed by atoms with E-state index >= 15 is 0 Å². The first-order valence-electron chi connectivity index (χ1n) is 9.34. The first-order valence-corrected chi connectivity index (χ1v) is 11.1. The third-order valence-electron chi connectivity index (χ3n) is 3.89. The van der Waals surface area contributed by atoms with Gasteiger partial charge in [0.15, 0.2) is 0 Å². The predicted octanol–water partition coefficient (Wildman–Crippen LogP) is 4.43. The fourth-order valence-electron chi connectivity index (χ4n) is 3.03. The van der Waals surface area contributed by atoms with Crippen LogP contribution in [0.15, 0.2) is 0 Å². The number of rotatable bonds is 13. The summed E-state index contributed by atoms with van der Waals surface area (Å²) >= 11 is 0. The summed E-state index contributed by atoms with van der Waals surface area (Å²) in [5.74, 6) is 0.337. The number of ether oxygens (including phenoxy) is 1. The van der Waals surface area contributed by atoms with Gasteiger partial charge in [0.1, 0.15) is 5.04 Å². The summed E-state index contributed by atoms with van der Waals surface area (Å²) in [5, 5.41) is -0.863. The lowest BCUT2D eigenvalue weighted by Crippen LogP contribution is -2.60. The van der Waals surface area contributed by atoms with Crippen molar-refractivity contribution in [3.05, 3.63) is 0 Å². The molecule has 0 bridgehead atoms. The third kappa shape index (κ3) is 5.83. The number of esters is 1. The molecule has 0 aliphatic rings. The second-order valence-corrected chi connectivity index (χ2v) is 9.82. The van der Waals surface area contributed by atoms with Crippen molar-refractivity contribution in [3.8, 4) is 0 Å². The minimum absolute atomic E-state index is 0.241. The van der Waals surface area contributed by atoms with Crippen molar-refractivity contribution in [3.63, 3.8) is 0 Å². The van der Waals surface area contributed by atoms with Crippen LogP contribution in [0.4, 0.5) is 0 Å². The second kappa shape index (κ2) is 11.2. The lowest BCUT2D eigenvalue weighted by Gasteiger charge is -2.43. The van der Waals surface area contributed by atoms with E-state index in [0.717, 1.165) is 0 Å². The van der Waals surface area contributed by atoms with Gasteiger partial charge in [-0.15, -0.1) is 0 Å². The van der Waals surface area contributed by atoms with Crippen molar-refractivity contribution in [2.75, 3.05) is 26.4 Å². The lowest BCUT2D eigenvalue weighted by atomic mass is 9.93. The molecule has 0 heterocycles. The monoisotopic (exact) mass is 362 g/mol. The van der Waals surface area contributed by atoms with Crippen molar-refractivity contribution < 1.29 is 22.8 Å². The van der Waals surface area contributed by atoms with Crippen molar-refractivity contribution in [1.82, 2.24) is 0 Å². The number of carbonyl (C=O) groups excluding carboxylic acids is 1. The maximum atomic E-state index is 13.2. The summed E-state index contributed by atoms with van der Waals surface area (Å²) in [5.41, 5.74) is 0. The molecular weight excluding hydrogens is 324 g/mol.